The van der Waals surface area contributed by atoms with E-state index in [4.69, 9.17) is 5.26 Å². The van der Waals surface area contributed by atoms with Crippen LogP contribution in [0.25, 0.3) is 0 Å². The normalized spacial score (nSPS) is 10.2. The van der Waals surface area contributed by atoms with Gasteiger partial charge >= 0.3 is 0 Å². The Morgan fingerprint density at radius 2 is 2.26 bits per heavy atom. The van der Waals surface area contributed by atoms with Gasteiger partial charge in [0.2, 0.25) is 0 Å². The van der Waals surface area contributed by atoms with Crippen LogP contribution in [0.4, 0.5) is 4.39 Å². The summed E-state index contributed by atoms with van der Waals surface area (Å²) in [4.78, 5) is 16.1. The number of rotatable bonds is 2. The van der Waals surface area contributed by atoms with Crippen LogP contribution in [0, 0.1) is 27.6 Å². The molecule has 2 aromatic rings. The highest BCUT2D eigenvalue weighted by Gasteiger charge is 2.09. The fourth-order valence-electron chi connectivity index (χ4n) is 1.61. The largest absolute Gasteiger partial charge is 0.294 e. The molecule has 0 radical (unpaired) electrons. The van der Waals surface area contributed by atoms with Crippen LogP contribution in [0.5, 0.6) is 0 Å². The zero-order valence-corrected chi connectivity index (χ0v) is 12.2. The predicted molar refractivity (Wildman–Crippen MR) is 76.2 cm³/mol. The summed E-state index contributed by atoms with van der Waals surface area (Å²) in [5.41, 5.74) is 1.09. The molecule has 6 heteroatoms. The molecule has 2 rings (SSSR count). The minimum Gasteiger partial charge on any atom is -0.294 e. The number of aromatic nitrogens is 2. The van der Waals surface area contributed by atoms with E-state index in [2.05, 4.69) is 4.98 Å². The molecular weight excluding hydrogens is 360 g/mol. The van der Waals surface area contributed by atoms with Crippen LogP contribution in [0.15, 0.2) is 29.3 Å². The highest BCUT2D eigenvalue weighted by molar-refractivity contribution is 14.1. The second-order valence-corrected chi connectivity index (χ2v) is 5.07. The molecule has 0 aliphatic rings. The van der Waals surface area contributed by atoms with E-state index in [1.165, 1.54) is 29.1 Å². The van der Waals surface area contributed by atoms with E-state index in [9.17, 15) is 9.18 Å². The van der Waals surface area contributed by atoms with Gasteiger partial charge < -0.3 is 0 Å². The standard InChI is InChI=1S/C13H9FIN3O/c1-8-12(15)13(19)18(7-17-8)6-10-4-9(5-16)2-3-11(10)14/h2-4,7H,6H2,1H3. The number of aryl methyl sites for hydroxylation is 1. The topological polar surface area (TPSA) is 58.7 Å². The SMILES string of the molecule is Cc1ncn(Cc2cc(C#N)ccc2F)c(=O)c1I. The summed E-state index contributed by atoms with van der Waals surface area (Å²) >= 11 is 1.92. The quantitative estimate of drug-likeness (QED) is 0.763. The van der Waals surface area contributed by atoms with Gasteiger partial charge in [-0.1, -0.05) is 0 Å². The molecule has 0 spiro atoms. The number of benzene rings is 1. The smallest absolute Gasteiger partial charge is 0.267 e. The van der Waals surface area contributed by atoms with Crippen molar-refractivity contribution in [2.75, 3.05) is 0 Å². The maximum Gasteiger partial charge on any atom is 0.267 e. The number of nitriles is 1. The maximum absolute atomic E-state index is 13.7. The zero-order valence-electron chi connectivity index (χ0n) is 10.0. The lowest BCUT2D eigenvalue weighted by atomic mass is 10.1. The van der Waals surface area contributed by atoms with Gasteiger partial charge in [-0.2, -0.15) is 5.26 Å². The van der Waals surface area contributed by atoms with Crippen molar-refractivity contribution in [3.05, 3.63) is 61.1 Å². The molecule has 0 N–H and O–H groups in total. The highest BCUT2D eigenvalue weighted by atomic mass is 127. The second kappa shape index (κ2) is 5.48. The molecule has 96 valence electrons. The number of nitrogens with zero attached hydrogens (tertiary/aromatic N) is 3. The van der Waals surface area contributed by atoms with Crippen LogP contribution in [-0.4, -0.2) is 9.55 Å². The third kappa shape index (κ3) is 2.81. The summed E-state index contributed by atoms with van der Waals surface area (Å²) in [6.07, 6.45) is 1.39. The van der Waals surface area contributed by atoms with E-state index < -0.39 is 5.82 Å². The van der Waals surface area contributed by atoms with E-state index in [0.29, 0.717) is 20.4 Å². The molecule has 1 aromatic carbocycles. The Bertz CT molecular complexity index is 734. The predicted octanol–water partition coefficient (Wildman–Crippen LogP) is 2.22. The van der Waals surface area contributed by atoms with Gasteiger partial charge in [0.05, 0.1) is 33.8 Å². The van der Waals surface area contributed by atoms with E-state index >= 15 is 0 Å². The van der Waals surface area contributed by atoms with E-state index in [1.807, 2.05) is 28.7 Å². The van der Waals surface area contributed by atoms with Crippen LogP contribution >= 0.6 is 22.6 Å². The van der Waals surface area contributed by atoms with Gasteiger partial charge in [0.25, 0.3) is 5.56 Å². The Morgan fingerprint density at radius 3 is 2.95 bits per heavy atom. The first-order chi connectivity index (χ1) is 9.02. The molecule has 0 aliphatic heterocycles. The molecular formula is C13H9FIN3O. The summed E-state index contributed by atoms with van der Waals surface area (Å²) in [6.45, 7) is 1.80. The minimum atomic E-state index is -0.443. The van der Waals surface area contributed by atoms with Crippen LogP contribution in [-0.2, 0) is 6.54 Å². The van der Waals surface area contributed by atoms with Crippen LogP contribution in [0.3, 0.4) is 0 Å². The summed E-state index contributed by atoms with van der Waals surface area (Å²) in [7, 11) is 0. The Balaban J connectivity index is 2.45. The number of hydrogen-bond donors (Lipinski definition) is 0. The van der Waals surface area contributed by atoms with Gasteiger partial charge in [-0.05, 0) is 47.7 Å². The Kier molecular flexibility index (Phi) is 3.95. The molecule has 0 amide bonds. The van der Waals surface area contributed by atoms with Crippen molar-refractivity contribution in [2.24, 2.45) is 0 Å². The first-order valence-electron chi connectivity index (χ1n) is 5.43. The van der Waals surface area contributed by atoms with Crippen molar-refractivity contribution in [1.82, 2.24) is 9.55 Å². The van der Waals surface area contributed by atoms with Gasteiger partial charge in [0.15, 0.2) is 0 Å². The average Bonchev–Trinajstić information content (AvgIpc) is 2.41. The molecule has 0 aliphatic carbocycles. The van der Waals surface area contributed by atoms with E-state index in [-0.39, 0.29) is 12.1 Å². The maximum atomic E-state index is 13.7. The molecule has 0 atom stereocenters. The molecule has 0 saturated carbocycles. The lowest BCUT2D eigenvalue weighted by molar-refractivity contribution is 0.593. The average molecular weight is 369 g/mol. The number of halogens is 2. The fraction of sp³-hybridized carbons (Fsp3) is 0.154. The van der Waals surface area contributed by atoms with Crippen molar-refractivity contribution in [3.8, 4) is 6.07 Å². The first kappa shape index (κ1) is 13.7. The van der Waals surface area contributed by atoms with Gasteiger partial charge in [0.1, 0.15) is 5.82 Å². The van der Waals surface area contributed by atoms with Gasteiger partial charge in [-0.3, -0.25) is 9.36 Å². The second-order valence-electron chi connectivity index (χ2n) is 4.00. The van der Waals surface area contributed by atoms with Crippen LogP contribution in [0.1, 0.15) is 16.8 Å². The first-order valence-corrected chi connectivity index (χ1v) is 6.51. The molecule has 4 nitrogen and oxygen atoms in total. The molecule has 0 saturated heterocycles. The van der Waals surface area contributed by atoms with Crippen molar-refractivity contribution in [1.29, 1.82) is 5.26 Å². The van der Waals surface area contributed by atoms with Crippen molar-refractivity contribution >= 4 is 22.6 Å². The van der Waals surface area contributed by atoms with Crippen LogP contribution in [0.2, 0.25) is 0 Å². The van der Waals surface area contributed by atoms with Gasteiger partial charge in [0, 0.05) is 5.56 Å². The third-order valence-corrected chi connectivity index (χ3v) is 3.91. The molecule has 19 heavy (non-hydrogen) atoms. The fourth-order valence-corrected chi connectivity index (χ4v) is 2.06. The third-order valence-electron chi connectivity index (χ3n) is 2.67. The summed E-state index contributed by atoms with van der Waals surface area (Å²) < 4.78 is 15.5. The van der Waals surface area contributed by atoms with Crippen molar-refractivity contribution in [2.45, 2.75) is 13.5 Å². The number of hydrogen-bond acceptors (Lipinski definition) is 3. The summed E-state index contributed by atoms with van der Waals surface area (Å²) in [5, 5.41) is 8.80. The Labute approximate surface area is 122 Å². The monoisotopic (exact) mass is 369 g/mol. The lowest BCUT2D eigenvalue weighted by Crippen LogP contribution is -2.25. The highest BCUT2D eigenvalue weighted by Crippen LogP contribution is 2.11. The summed E-state index contributed by atoms with van der Waals surface area (Å²) in [6, 6.07) is 6.01. The Hall–Kier alpha value is -1.75. The lowest BCUT2D eigenvalue weighted by Gasteiger charge is -2.08. The molecule has 0 bridgehead atoms. The molecule has 1 heterocycles. The van der Waals surface area contributed by atoms with Crippen molar-refractivity contribution < 1.29 is 4.39 Å². The van der Waals surface area contributed by atoms with Crippen LogP contribution < -0.4 is 5.56 Å². The van der Waals surface area contributed by atoms with Gasteiger partial charge in [-0.25, -0.2) is 9.37 Å². The zero-order chi connectivity index (χ0) is 14.0. The summed E-state index contributed by atoms with van der Waals surface area (Å²) in [5.74, 6) is -0.443. The minimum absolute atomic E-state index is 0.0590. The Morgan fingerprint density at radius 1 is 1.53 bits per heavy atom. The van der Waals surface area contributed by atoms with E-state index in [0.717, 1.165) is 0 Å². The molecule has 0 unspecified atom stereocenters. The van der Waals surface area contributed by atoms with Gasteiger partial charge in [-0.15, -0.1) is 0 Å². The van der Waals surface area contributed by atoms with Crippen molar-refractivity contribution in [3.63, 3.8) is 0 Å². The van der Waals surface area contributed by atoms with E-state index in [1.54, 1.807) is 6.92 Å². The molecule has 1 aromatic heterocycles. The molecule has 0 fully saturated rings.